The molecule has 55 heavy (non-hydrogen) atoms. The molecule has 0 amide bonds. The Balaban J connectivity index is 4.28. The number of aliphatic hydroxyl groups excluding tert-OH is 2. The number of carbonyl (C=O) groups excluding carboxylic acids is 2. The third-order valence-corrected chi connectivity index (χ3v) is 10.2. The molecule has 322 valence electrons. The van der Waals surface area contributed by atoms with Crippen LogP contribution in [-0.4, -0.2) is 65.7 Å². The van der Waals surface area contributed by atoms with Crippen molar-refractivity contribution in [3.8, 4) is 0 Å². The lowest BCUT2D eigenvalue weighted by Crippen LogP contribution is -2.29. The van der Waals surface area contributed by atoms with Gasteiger partial charge in [0.05, 0.1) is 19.8 Å². The van der Waals surface area contributed by atoms with Gasteiger partial charge in [-0.05, 0) is 70.6 Å². The molecule has 0 aliphatic heterocycles. The van der Waals surface area contributed by atoms with Crippen molar-refractivity contribution in [1.29, 1.82) is 0 Å². The molecule has 0 aromatic rings. The van der Waals surface area contributed by atoms with E-state index in [1.165, 1.54) is 83.5 Å². The van der Waals surface area contributed by atoms with Crippen LogP contribution in [0.5, 0.6) is 0 Å². The van der Waals surface area contributed by atoms with Gasteiger partial charge in [-0.25, -0.2) is 4.57 Å². The summed E-state index contributed by atoms with van der Waals surface area (Å²) in [6.45, 7) is 2.33. The summed E-state index contributed by atoms with van der Waals surface area (Å²) < 4.78 is 32.7. The van der Waals surface area contributed by atoms with Gasteiger partial charge in [-0.3, -0.25) is 18.6 Å². The van der Waals surface area contributed by atoms with Crippen molar-refractivity contribution in [2.24, 2.45) is 0 Å². The van der Waals surface area contributed by atoms with E-state index in [0.29, 0.717) is 12.8 Å². The van der Waals surface area contributed by atoms with Gasteiger partial charge < -0.3 is 24.6 Å². The summed E-state index contributed by atoms with van der Waals surface area (Å²) in [5.74, 6) is -0.938. The second-order valence-electron chi connectivity index (χ2n) is 14.7. The molecular weight excluding hydrogens is 719 g/mol. The summed E-state index contributed by atoms with van der Waals surface area (Å²) in [6, 6.07) is 0. The monoisotopic (exact) mass is 801 g/mol. The summed E-state index contributed by atoms with van der Waals surface area (Å²) in [6.07, 6.45) is 41.0. The molecule has 0 bridgehead atoms. The Labute approximate surface area is 335 Å². The smallest absolute Gasteiger partial charge is 0.462 e. The van der Waals surface area contributed by atoms with Crippen LogP contribution in [0, 0.1) is 0 Å². The molecular formula is C44H81O10P. The Bertz CT molecular complexity index is 1010. The van der Waals surface area contributed by atoms with Crippen LogP contribution in [0.4, 0.5) is 0 Å². The van der Waals surface area contributed by atoms with Crippen LogP contribution in [-0.2, 0) is 32.7 Å². The quantitative estimate of drug-likeness (QED) is 0.0236. The second-order valence-corrected chi connectivity index (χ2v) is 16.2. The van der Waals surface area contributed by atoms with E-state index >= 15 is 0 Å². The number of phosphoric acid groups is 1. The molecule has 0 saturated carbocycles. The summed E-state index contributed by atoms with van der Waals surface area (Å²) in [5, 5.41) is 18.3. The minimum Gasteiger partial charge on any atom is -0.462 e. The fourth-order valence-electron chi connectivity index (χ4n) is 5.84. The molecule has 0 heterocycles. The Morgan fingerprint density at radius 3 is 1.45 bits per heavy atom. The van der Waals surface area contributed by atoms with Crippen molar-refractivity contribution in [3.05, 3.63) is 36.5 Å². The second kappa shape index (κ2) is 40.4. The first-order valence-corrected chi connectivity index (χ1v) is 23.4. The Hall–Kier alpha value is -1.81. The van der Waals surface area contributed by atoms with Gasteiger partial charge in [-0.2, -0.15) is 0 Å². The Morgan fingerprint density at radius 1 is 0.545 bits per heavy atom. The minimum atomic E-state index is -4.62. The maximum atomic E-state index is 12.6. The summed E-state index contributed by atoms with van der Waals surface area (Å²) in [4.78, 5) is 35.0. The van der Waals surface area contributed by atoms with Crippen LogP contribution in [0.25, 0.3) is 0 Å². The van der Waals surface area contributed by atoms with Crippen molar-refractivity contribution in [1.82, 2.24) is 0 Å². The van der Waals surface area contributed by atoms with Crippen molar-refractivity contribution >= 4 is 19.8 Å². The maximum Gasteiger partial charge on any atom is 0.472 e. The number of hydrogen-bond donors (Lipinski definition) is 3. The third kappa shape index (κ3) is 40.2. The zero-order valence-electron chi connectivity index (χ0n) is 34.9. The van der Waals surface area contributed by atoms with Crippen molar-refractivity contribution < 1.29 is 47.8 Å². The number of allylic oxidation sites excluding steroid dienone is 6. The minimum absolute atomic E-state index is 0.178. The molecule has 0 fully saturated rings. The van der Waals surface area contributed by atoms with Gasteiger partial charge in [0.15, 0.2) is 6.10 Å². The molecule has 0 aliphatic carbocycles. The molecule has 0 spiro atoms. The average molecular weight is 801 g/mol. The SMILES string of the molecule is CCCCC/C=C/C/C=C/CCCCCCCCCCCC(=O)O[C@H](COC(=O)CCCCCCC/C=C/CCCCCC)COP(=O)(O)OC[C@@H](O)CO. The van der Waals surface area contributed by atoms with E-state index in [0.717, 1.165) is 70.6 Å². The lowest BCUT2D eigenvalue weighted by atomic mass is 10.1. The number of phosphoric ester groups is 1. The van der Waals surface area contributed by atoms with E-state index in [2.05, 4.69) is 54.8 Å². The first kappa shape index (κ1) is 53.2. The number of unbranched alkanes of at least 4 members (excludes halogenated alkanes) is 21. The Morgan fingerprint density at radius 2 is 0.945 bits per heavy atom. The van der Waals surface area contributed by atoms with Crippen LogP contribution in [0.3, 0.4) is 0 Å². The van der Waals surface area contributed by atoms with Gasteiger partial charge in [0.1, 0.15) is 12.7 Å². The molecule has 0 aromatic heterocycles. The fraction of sp³-hybridized carbons (Fsp3) is 0.818. The summed E-state index contributed by atoms with van der Waals surface area (Å²) in [7, 11) is -4.62. The third-order valence-electron chi connectivity index (χ3n) is 9.27. The maximum absolute atomic E-state index is 12.6. The molecule has 0 saturated heterocycles. The number of aliphatic hydroxyl groups is 2. The highest BCUT2D eigenvalue weighted by Crippen LogP contribution is 2.43. The van der Waals surface area contributed by atoms with Crippen LogP contribution in [0.1, 0.15) is 194 Å². The molecule has 0 aliphatic rings. The topological polar surface area (TPSA) is 149 Å². The highest BCUT2D eigenvalue weighted by atomic mass is 31.2. The molecule has 11 heteroatoms. The van der Waals surface area contributed by atoms with Crippen molar-refractivity contribution in [2.75, 3.05) is 26.4 Å². The van der Waals surface area contributed by atoms with Crippen LogP contribution in [0.2, 0.25) is 0 Å². The van der Waals surface area contributed by atoms with E-state index < -0.39 is 51.8 Å². The van der Waals surface area contributed by atoms with Crippen molar-refractivity contribution in [2.45, 2.75) is 206 Å². The van der Waals surface area contributed by atoms with Crippen LogP contribution in [0.15, 0.2) is 36.5 Å². The van der Waals surface area contributed by atoms with Crippen LogP contribution >= 0.6 is 7.82 Å². The van der Waals surface area contributed by atoms with E-state index in [1.807, 2.05) is 0 Å². The highest BCUT2D eigenvalue weighted by Gasteiger charge is 2.27. The molecule has 0 aromatic carbocycles. The van der Waals surface area contributed by atoms with Gasteiger partial charge in [0.2, 0.25) is 0 Å². The van der Waals surface area contributed by atoms with E-state index in [1.54, 1.807) is 0 Å². The number of hydrogen-bond acceptors (Lipinski definition) is 9. The number of esters is 2. The predicted molar refractivity (Wildman–Crippen MR) is 224 cm³/mol. The van der Waals surface area contributed by atoms with E-state index in [9.17, 15) is 24.2 Å². The molecule has 3 atom stereocenters. The number of carbonyl (C=O) groups is 2. The highest BCUT2D eigenvalue weighted by molar-refractivity contribution is 7.47. The zero-order chi connectivity index (χ0) is 40.5. The molecule has 10 nitrogen and oxygen atoms in total. The molecule has 0 radical (unpaired) electrons. The van der Waals surface area contributed by atoms with E-state index in [4.69, 9.17) is 19.1 Å². The van der Waals surface area contributed by atoms with Gasteiger partial charge >= 0.3 is 19.8 Å². The molecule has 1 unspecified atom stereocenters. The standard InChI is InChI=1S/C44H81O10P/c1-3-5-7-9-11-13-15-17-18-19-20-21-22-24-26-28-30-32-34-36-44(48)54-42(40-53-55(49,50)52-38-41(46)37-45)39-51-43(47)35-33-31-29-27-25-23-16-14-12-10-8-6-4-2/h11,13-14,16-18,41-42,45-46H,3-10,12,15,19-40H2,1-2H3,(H,49,50)/b13-11+,16-14+,18-17+/t41-,42+/m0/s1. The lowest BCUT2D eigenvalue weighted by Gasteiger charge is -2.20. The van der Waals surface area contributed by atoms with E-state index in [-0.39, 0.29) is 19.4 Å². The van der Waals surface area contributed by atoms with Gasteiger partial charge in [-0.1, -0.05) is 147 Å². The number of rotatable bonds is 41. The normalized spacial score (nSPS) is 14.2. The predicted octanol–water partition coefficient (Wildman–Crippen LogP) is 11.6. The Kier molecular flexibility index (Phi) is 39.1. The van der Waals surface area contributed by atoms with Gasteiger partial charge in [-0.15, -0.1) is 0 Å². The van der Waals surface area contributed by atoms with Gasteiger partial charge in [0.25, 0.3) is 0 Å². The number of ether oxygens (including phenoxy) is 2. The fourth-order valence-corrected chi connectivity index (χ4v) is 6.63. The van der Waals surface area contributed by atoms with Crippen LogP contribution < -0.4 is 0 Å². The first-order valence-electron chi connectivity index (χ1n) is 21.9. The van der Waals surface area contributed by atoms with Gasteiger partial charge in [0, 0.05) is 12.8 Å². The molecule has 0 rings (SSSR count). The average Bonchev–Trinajstić information content (AvgIpc) is 3.17. The summed E-state index contributed by atoms with van der Waals surface area (Å²) in [5.41, 5.74) is 0. The largest absolute Gasteiger partial charge is 0.472 e. The molecule has 3 N–H and O–H groups in total. The van der Waals surface area contributed by atoms with Crippen molar-refractivity contribution in [3.63, 3.8) is 0 Å². The summed E-state index contributed by atoms with van der Waals surface area (Å²) >= 11 is 0. The first-order chi connectivity index (χ1) is 26.7. The lowest BCUT2D eigenvalue weighted by molar-refractivity contribution is -0.161. The zero-order valence-corrected chi connectivity index (χ0v) is 35.8.